The molecule has 0 N–H and O–H groups in total. The third-order valence-corrected chi connectivity index (χ3v) is 4.19. The maximum atomic E-state index is 12.8. The summed E-state index contributed by atoms with van der Waals surface area (Å²) in [5, 5.41) is 2.04. The fourth-order valence-electron chi connectivity index (χ4n) is 2.13. The van der Waals surface area contributed by atoms with E-state index in [0.29, 0.717) is 6.61 Å². The van der Waals surface area contributed by atoms with Gasteiger partial charge in [0.25, 0.3) is 0 Å². The molecule has 1 fully saturated rings. The molecule has 1 saturated heterocycles. The Hall–Kier alpha value is -1.17. The average Bonchev–Trinajstić information content (AvgIpc) is 2.86. The largest absolute Gasteiger partial charge is 0.370 e. The zero-order chi connectivity index (χ0) is 13.2. The van der Waals surface area contributed by atoms with Crippen molar-refractivity contribution >= 4 is 28.6 Å². The minimum atomic E-state index is -0.471. The number of rotatable bonds is 2. The van der Waals surface area contributed by atoms with E-state index >= 15 is 0 Å². The van der Waals surface area contributed by atoms with Gasteiger partial charge in [0.15, 0.2) is 0 Å². The SMILES string of the molecule is Fc1ccc(C2CN(c3csc(Cl)c3)CCO2)cn1. The van der Waals surface area contributed by atoms with Crippen LogP contribution in [0.2, 0.25) is 4.34 Å². The molecule has 2 aromatic heterocycles. The molecule has 0 saturated carbocycles. The van der Waals surface area contributed by atoms with E-state index in [9.17, 15) is 4.39 Å². The number of thiophene rings is 1. The summed E-state index contributed by atoms with van der Waals surface area (Å²) >= 11 is 7.48. The average molecular weight is 299 g/mol. The molecule has 6 heteroatoms. The molecule has 19 heavy (non-hydrogen) atoms. The molecular formula is C13H12ClFN2OS. The summed E-state index contributed by atoms with van der Waals surface area (Å²) < 4.78 is 19.3. The second-order valence-electron chi connectivity index (χ2n) is 4.33. The highest BCUT2D eigenvalue weighted by atomic mass is 35.5. The Bertz CT molecular complexity index is 560. The van der Waals surface area contributed by atoms with Gasteiger partial charge in [-0.2, -0.15) is 4.39 Å². The van der Waals surface area contributed by atoms with E-state index < -0.39 is 5.95 Å². The summed E-state index contributed by atoms with van der Waals surface area (Å²) in [4.78, 5) is 5.89. The molecule has 0 aliphatic carbocycles. The van der Waals surface area contributed by atoms with Gasteiger partial charge in [0.05, 0.1) is 10.9 Å². The first kappa shape index (κ1) is 12.8. The van der Waals surface area contributed by atoms with Crippen LogP contribution in [0, 0.1) is 5.95 Å². The van der Waals surface area contributed by atoms with E-state index in [1.165, 1.54) is 23.6 Å². The van der Waals surface area contributed by atoms with E-state index in [1.807, 2.05) is 11.4 Å². The van der Waals surface area contributed by atoms with Crippen molar-refractivity contribution in [3.8, 4) is 0 Å². The number of morpholine rings is 1. The van der Waals surface area contributed by atoms with Gasteiger partial charge in [-0.1, -0.05) is 17.7 Å². The molecule has 100 valence electrons. The molecule has 1 unspecified atom stereocenters. The van der Waals surface area contributed by atoms with Crippen LogP contribution in [0.3, 0.4) is 0 Å². The lowest BCUT2D eigenvalue weighted by Crippen LogP contribution is -2.38. The molecule has 1 atom stereocenters. The van der Waals surface area contributed by atoms with Gasteiger partial charge in [0, 0.05) is 35.9 Å². The summed E-state index contributed by atoms with van der Waals surface area (Å²) in [7, 11) is 0. The van der Waals surface area contributed by atoms with Crippen LogP contribution in [-0.4, -0.2) is 24.7 Å². The molecule has 0 radical (unpaired) electrons. The van der Waals surface area contributed by atoms with Crippen molar-refractivity contribution in [3.05, 3.63) is 45.6 Å². The van der Waals surface area contributed by atoms with Gasteiger partial charge in [0.2, 0.25) is 5.95 Å². The van der Waals surface area contributed by atoms with Crippen molar-refractivity contribution in [2.75, 3.05) is 24.6 Å². The van der Waals surface area contributed by atoms with Gasteiger partial charge in [0.1, 0.15) is 6.10 Å². The molecule has 0 aromatic carbocycles. The van der Waals surface area contributed by atoms with Crippen molar-refractivity contribution in [3.63, 3.8) is 0 Å². The van der Waals surface area contributed by atoms with Crippen molar-refractivity contribution < 1.29 is 9.13 Å². The van der Waals surface area contributed by atoms with Gasteiger partial charge < -0.3 is 9.64 Å². The predicted molar refractivity (Wildman–Crippen MR) is 74.4 cm³/mol. The Morgan fingerprint density at radius 1 is 1.47 bits per heavy atom. The third-order valence-electron chi connectivity index (χ3n) is 3.11. The van der Waals surface area contributed by atoms with E-state index in [0.717, 1.165) is 28.7 Å². The Morgan fingerprint density at radius 3 is 3.05 bits per heavy atom. The van der Waals surface area contributed by atoms with Crippen LogP contribution in [0.5, 0.6) is 0 Å². The highest BCUT2D eigenvalue weighted by Gasteiger charge is 2.23. The van der Waals surface area contributed by atoms with Gasteiger partial charge >= 0.3 is 0 Å². The molecule has 0 spiro atoms. The van der Waals surface area contributed by atoms with E-state index in [1.54, 1.807) is 6.07 Å². The lowest BCUT2D eigenvalue weighted by molar-refractivity contribution is 0.0395. The Kier molecular flexibility index (Phi) is 3.68. The first-order valence-corrected chi connectivity index (χ1v) is 7.20. The van der Waals surface area contributed by atoms with Crippen LogP contribution in [0.15, 0.2) is 29.8 Å². The number of hydrogen-bond acceptors (Lipinski definition) is 4. The summed E-state index contributed by atoms with van der Waals surface area (Å²) in [5.74, 6) is -0.471. The quantitative estimate of drug-likeness (QED) is 0.793. The maximum Gasteiger partial charge on any atom is 0.212 e. The standard InChI is InChI=1S/C13H12ClFN2OS/c14-12-5-10(8-19-12)17-3-4-18-11(7-17)9-1-2-13(15)16-6-9/h1-2,5-6,8,11H,3-4,7H2. The first-order valence-electron chi connectivity index (χ1n) is 5.94. The molecule has 3 rings (SSSR count). The minimum absolute atomic E-state index is 0.0828. The summed E-state index contributed by atoms with van der Waals surface area (Å²) in [6.07, 6.45) is 1.45. The second-order valence-corrected chi connectivity index (χ2v) is 5.87. The number of nitrogens with zero attached hydrogens (tertiary/aromatic N) is 2. The van der Waals surface area contributed by atoms with Crippen LogP contribution in [0.25, 0.3) is 0 Å². The molecular weight excluding hydrogens is 287 g/mol. The topological polar surface area (TPSA) is 25.4 Å². The number of hydrogen-bond donors (Lipinski definition) is 0. The number of halogens is 2. The van der Waals surface area contributed by atoms with Gasteiger partial charge in [-0.05, 0) is 12.1 Å². The van der Waals surface area contributed by atoms with Gasteiger partial charge in [-0.15, -0.1) is 11.3 Å². The normalized spacial score (nSPS) is 19.7. The van der Waals surface area contributed by atoms with Crippen molar-refractivity contribution in [1.82, 2.24) is 4.98 Å². The zero-order valence-corrected chi connectivity index (χ0v) is 11.6. The fourth-order valence-corrected chi connectivity index (χ4v) is 3.01. The van der Waals surface area contributed by atoms with Crippen molar-refractivity contribution in [1.29, 1.82) is 0 Å². The Balaban J connectivity index is 1.76. The van der Waals surface area contributed by atoms with Crippen LogP contribution in [0.4, 0.5) is 10.1 Å². The summed E-state index contributed by atoms with van der Waals surface area (Å²) in [6.45, 7) is 2.19. The van der Waals surface area contributed by atoms with E-state index in [2.05, 4.69) is 9.88 Å². The van der Waals surface area contributed by atoms with Gasteiger partial charge in [-0.3, -0.25) is 0 Å². The van der Waals surface area contributed by atoms with Crippen molar-refractivity contribution in [2.24, 2.45) is 0 Å². The lowest BCUT2D eigenvalue weighted by atomic mass is 10.1. The number of pyridine rings is 1. The Morgan fingerprint density at radius 2 is 2.37 bits per heavy atom. The monoisotopic (exact) mass is 298 g/mol. The molecule has 2 aromatic rings. The molecule has 0 amide bonds. The zero-order valence-electron chi connectivity index (χ0n) is 10.1. The van der Waals surface area contributed by atoms with Crippen molar-refractivity contribution in [2.45, 2.75) is 6.10 Å². The maximum absolute atomic E-state index is 12.8. The van der Waals surface area contributed by atoms with Crippen LogP contribution >= 0.6 is 22.9 Å². The van der Waals surface area contributed by atoms with Crippen LogP contribution < -0.4 is 4.90 Å². The molecule has 3 nitrogen and oxygen atoms in total. The molecule has 1 aliphatic heterocycles. The smallest absolute Gasteiger partial charge is 0.212 e. The van der Waals surface area contributed by atoms with E-state index in [4.69, 9.17) is 16.3 Å². The molecule has 0 bridgehead atoms. The van der Waals surface area contributed by atoms with Crippen LogP contribution in [0.1, 0.15) is 11.7 Å². The molecule has 3 heterocycles. The Labute approximate surface area is 119 Å². The highest BCUT2D eigenvalue weighted by Crippen LogP contribution is 2.31. The third kappa shape index (κ3) is 2.88. The summed E-state index contributed by atoms with van der Waals surface area (Å²) in [5.41, 5.74) is 2.01. The highest BCUT2D eigenvalue weighted by molar-refractivity contribution is 7.14. The van der Waals surface area contributed by atoms with Gasteiger partial charge in [-0.25, -0.2) is 4.98 Å². The van der Waals surface area contributed by atoms with E-state index in [-0.39, 0.29) is 6.10 Å². The summed E-state index contributed by atoms with van der Waals surface area (Å²) in [6, 6.07) is 5.04. The first-order chi connectivity index (χ1) is 9.22. The molecule has 1 aliphatic rings. The number of ether oxygens (including phenoxy) is 1. The second kappa shape index (κ2) is 5.45. The number of anilines is 1. The van der Waals surface area contributed by atoms with Crippen LogP contribution in [-0.2, 0) is 4.74 Å². The predicted octanol–water partition coefficient (Wildman–Crippen LogP) is 3.51. The number of aromatic nitrogens is 1. The minimum Gasteiger partial charge on any atom is -0.370 e. The fraction of sp³-hybridized carbons (Fsp3) is 0.308. The lowest BCUT2D eigenvalue weighted by Gasteiger charge is -2.34.